The molecule has 1 aromatic carbocycles. The van der Waals surface area contributed by atoms with Crippen LogP contribution in [0.5, 0.6) is 0 Å². The Bertz CT molecular complexity index is 455. The lowest BCUT2D eigenvalue weighted by molar-refractivity contribution is 0.0483. The van der Waals surface area contributed by atoms with Crippen molar-refractivity contribution in [3.63, 3.8) is 0 Å². The Balaban J connectivity index is 2.52. The molecule has 0 atom stereocenters. The molecule has 0 unspecified atom stereocenters. The van der Waals surface area contributed by atoms with Crippen LogP contribution in [-0.2, 0) is 4.74 Å². The molecule has 18 heavy (non-hydrogen) atoms. The molecule has 0 radical (unpaired) electrons. The minimum Gasteiger partial charge on any atom is -0.443 e. The van der Waals surface area contributed by atoms with Crippen LogP contribution in [0.2, 0.25) is 0 Å². The second-order valence-corrected chi connectivity index (χ2v) is 4.56. The molecule has 0 aliphatic carbocycles. The summed E-state index contributed by atoms with van der Waals surface area (Å²) in [7, 11) is 0. The maximum absolute atomic E-state index is 13.2. The van der Waals surface area contributed by atoms with Crippen LogP contribution in [-0.4, -0.2) is 17.6 Å². The first-order valence-electron chi connectivity index (χ1n) is 5.33. The van der Waals surface area contributed by atoms with Gasteiger partial charge in [-0.1, -0.05) is 12.1 Å². The van der Waals surface area contributed by atoms with E-state index < -0.39 is 23.4 Å². The van der Waals surface area contributed by atoms with Crippen LogP contribution in [0, 0.1) is 5.82 Å². The predicted octanol–water partition coefficient (Wildman–Crippen LogP) is 2.00. The van der Waals surface area contributed by atoms with Crippen molar-refractivity contribution in [2.75, 3.05) is 0 Å². The zero-order chi connectivity index (χ0) is 13.8. The Morgan fingerprint density at radius 1 is 1.17 bits per heavy atom. The van der Waals surface area contributed by atoms with E-state index in [4.69, 9.17) is 4.74 Å². The fraction of sp³-hybridized carbons (Fsp3) is 0.333. The monoisotopic (exact) mass is 254 g/mol. The summed E-state index contributed by atoms with van der Waals surface area (Å²) in [6, 6.07) is 5.45. The highest BCUT2D eigenvalue weighted by molar-refractivity contribution is 5.95. The van der Waals surface area contributed by atoms with Crippen LogP contribution >= 0.6 is 0 Å². The molecule has 2 N–H and O–H groups in total. The van der Waals surface area contributed by atoms with Gasteiger partial charge in [0.05, 0.1) is 5.56 Å². The Morgan fingerprint density at radius 3 is 2.33 bits per heavy atom. The zero-order valence-corrected chi connectivity index (χ0v) is 10.4. The zero-order valence-electron chi connectivity index (χ0n) is 10.4. The van der Waals surface area contributed by atoms with E-state index in [-0.39, 0.29) is 5.56 Å². The van der Waals surface area contributed by atoms with E-state index in [0.29, 0.717) is 0 Å². The molecule has 1 aromatic rings. The fourth-order valence-electron chi connectivity index (χ4n) is 1.12. The van der Waals surface area contributed by atoms with Crippen molar-refractivity contribution in [3.8, 4) is 0 Å². The molecule has 0 fully saturated rings. The van der Waals surface area contributed by atoms with Crippen LogP contribution in [0.3, 0.4) is 0 Å². The van der Waals surface area contributed by atoms with Gasteiger partial charge >= 0.3 is 6.09 Å². The van der Waals surface area contributed by atoms with Gasteiger partial charge in [0, 0.05) is 0 Å². The minimum atomic E-state index is -0.813. The van der Waals surface area contributed by atoms with E-state index >= 15 is 0 Å². The van der Waals surface area contributed by atoms with Crippen LogP contribution in [0.4, 0.5) is 9.18 Å². The summed E-state index contributed by atoms with van der Waals surface area (Å²) in [5.41, 5.74) is 3.26. The van der Waals surface area contributed by atoms with Gasteiger partial charge < -0.3 is 4.74 Å². The van der Waals surface area contributed by atoms with Crippen molar-refractivity contribution in [1.82, 2.24) is 10.9 Å². The Hall–Kier alpha value is -2.11. The molecule has 0 saturated heterocycles. The third kappa shape index (κ3) is 4.40. The highest BCUT2D eigenvalue weighted by Gasteiger charge is 2.17. The number of hydrogen-bond acceptors (Lipinski definition) is 3. The fourth-order valence-corrected chi connectivity index (χ4v) is 1.12. The summed E-state index contributed by atoms with van der Waals surface area (Å²) in [4.78, 5) is 22.8. The Morgan fingerprint density at radius 2 is 1.78 bits per heavy atom. The van der Waals surface area contributed by atoms with Crippen molar-refractivity contribution in [3.05, 3.63) is 35.6 Å². The Kier molecular flexibility index (Phi) is 4.25. The van der Waals surface area contributed by atoms with Crippen LogP contribution < -0.4 is 10.9 Å². The molecule has 0 aromatic heterocycles. The summed E-state index contributed by atoms with van der Waals surface area (Å²) >= 11 is 0. The van der Waals surface area contributed by atoms with Gasteiger partial charge in [-0.2, -0.15) is 0 Å². The third-order valence-electron chi connectivity index (χ3n) is 1.80. The van der Waals surface area contributed by atoms with Crippen LogP contribution in [0.15, 0.2) is 24.3 Å². The van der Waals surface area contributed by atoms with Gasteiger partial charge in [0.2, 0.25) is 0 Å². The lowest BCUT2D eigenvalue weighted by atomic mass is 10.2. The molecule has 98 valence electrons. The maximum atomic E-state index is 13.2. The molecule has 0 bridgehead atoms. The van der Waals surface area contributed by atoms with Gasteiger partial charge in [0.1, 0.15) is 11.4 Å². The summed E-state index contributed by atoms with van der Waals surface area (Å²) in [6.45, 7) is 5.06. The van der Waals surface area contributed by atoms with Gasteiger partial charge in [0.15, 0.2) is 0 Å². The third-order valence-corrected chi connectivity index (χ3v) is 1.80. The molecule has 0 aliphatic heterocycles. The topological polar surface area (TPSA) is 67.4 Å². The quantitative estimate of drug-likeness (QED) is 0.753. The van der Waals surface area contributed by atoms with E-state index in [1.54, 1.807) is 20.8 Å². The SMILES string of the molecule is CC(C)(C)OC(=O)NNC(=O)c1ccccc1F. The molecule has 5 nitrogen and oxygen atoms in total. The average Bonchev–Trinajstić information content (AvgIpc) is 2.24. The number of halogens is 1. The number of amides is 2. The summed E-state index contributed by atoms with van der Waals surface area (Å²) in [5.74, 6) is -1.42. The minimum absolute atomic E-state index is 0.159. The van der Waals surface area contributed by atoms with Gasteiger partial charge in [-0.05, 0) is 32.9 Å². The molecule has 0 saturated carbocycles. The number of rotatable bonds is 1. The maximum Gasteiger partial charge on any atom is 0.426 e. The number of benzene rings is 1. The highest BCUT2D eigenvalue weighted by atomic mass is 19.1. The average molecular weight is 254 g/mol. The van der Waals surface area contributed by atoms with Crippen molar-refractivity contribution in [2.45, 2.75) is 26.4 Å². The molecule has 0 spiro atoms. The lowest BCUT2D eigenvalue weighted by Crippen LogP contribution is -2.44. The second kappa shape index (κ2) is 5.48. The van der Waals surface area contributed by atoms with E-state index in [1.165, 1.54) is 18.2 Å². The van der Waals surface area contributed by atoms with E-state index in [0.717, 1.165) is 6.07 Å². The smallest absolute Gasteiger partial charge is 0.426 e. The number of ether oxygens (including phenoxy) is 1. The predicted molar refractivity (Wildman–Crippen MR) is 63.2 cm³/mol. The molecule has 0 heterocycles. The molecule has 2 amide bonds. The van der Waals surface area contributed by atoms with E-state index in [9.17, 15) is 14.0 Å². The largest absolute Gasteiger partial charge is 0.443 e. The van der Waals surface area contributed by atoms with Gasteiger partial charge in [-0.15, -0.1) is 0 Å². The van der Waals surface area contributed by atoms with Gasteiger partial charge in [0.25, 0.3) is 5.91 Å². The number of hydrazine groups is 1. The highest BCUT2D eigenvalue weighted by Crippen LogP contribution is 2.07. The van der Waals surface area contributed by atoms with E-state index in [2.05, 4.69) is 5.43 Å². The first-order chi connectivity index (χ1) is 8.29. The normalized spacial score (nSPS) is 10.7. The first-order valence-corrected chi connectivity index (χ1v) is 5.33. The Labute approximate surface area is 104 Å². The van der Waals surface area contributed by atoms with Crippen molar-refractivity contribution in [1.29, 1.82) is 0 Å². The summed E-state index contributed by atoms with van der Waals surface area (Å²) < 4.78 is 18.1. The molecular formula is C12H15FN2O3. The number of carbonyl (C=O) groups excluding carboxylic acids is 2. The number of nitrogens with one attached hydrogen (secondary N) is 2. The van der Waals surface area contributed by atoms with E-state index in [1.807, 2.05) is 5.43 Å². The summed E-state index contributed by atoms with van der Waals surface area (Å²) in [6.07, 6.45) is -0.813. The molecule has 0 aliphatic rings. The second-order valence-electron chi connectivity index (χ2n) is 4.56. The van der Waals surface area contributed by atoms with Crippen LogP contribution in [0.25, 0.3) is 0 Å². The van der Waals surface area contributed by atoms with Crippen molar-refractivity contribution < 1.29 is 18.7 Å². The van der Waals surface area contributed by atoms with Crippen LogP contribution in [0.1, 0.15) is 31.1 Å². The van der Waals surface area contributed by atoms with Crippen molar-refractivity contribution in [2.24, 2.45) is 0 Å². The molecule has 6 heteroatoms. The van der Waals surface area contributed by atoms with Gasteiger partial charge in [-0.25, -0.2) is 14.6 Å². The molecule has 1 rings (SSSR count). The van der Waals surface area contributed by atoms with Crippen molar-refractivity contribution >= 4 is 12.0 Å². The molecular weight excluding hydrogens is 239 g/mol. The standard InChI is InChI=1S/C12H15FN2O3/c1-12(2,3)18-11(17)15-14-10(16)8-6-4-5-7-9(8)13/h4-7H,1-3H3,(H,14,16)(H,15,17). The summed E-state index contributed by atoms with van der Waals surface area (Å²) in [5, 5.41) is 0. The van der Waals surface area contributed by atoms with Gasteiger partial charge in [-0.3, -0.25) is 10.2 Å². The number of carbonyl (C=O) groups is 2. The lowest BCUT2D eigenvalue weighted by Gasteiger charge is -2.19. The number of hydrogen-bond donors (Lipinski definition) is 2. The first kappa shape index (κ1) is 14.0.